The smallest absolute Gasteiger partial charge is 0.241 e. The van der Waals surface area contributed by atoms with E-state index in [9.17, 15) is 8.42 Å². The van der Waals surface area contributed by atoms with Gasteiger partial charge in [0, 0.05) is 12.7 Å². The van der Waals surface area contributed by atoms with E-state index in [1.165, 1.54) is 18.9 Å². The summed E-state index contributed by atoms with van der Waals surface area (Å²) in [5.74, 6) is 1.09. The van der Waals surface area contributed by atoms with Crippen molar-refractivity contribution >= 4 is 15.8 Å². The first-order valence-corrected chi connectivity index (χ1v) is 10.1. The van der Waals surface area contributed by atoms with E-state index in [0.29, 0.717) is 6.54 Å². The summed E-state index contributed by atoms with van der Waals surface area (Å²) < 4.78 is 28.8. The number of likely N-dealkylation sites (tertiary alicyclic amines) is 1. The molecule has 140 valence electrons. The van der Waals surface area contributed by atoms with E-state index >= 15 is 0 Å². The van der Waals surface area contributed by atoms with Crippen LogP contribution in [0.1, 0.15) is 24.4 Å². The Morgan fingerprint density at radius 3 is 2.54 bits per heavy atom. The second-order valence-electron chi connectivity index (χ2n) is 6.31. The van der Waals surface area contributed by atoms with E-state index in [0.717, 1.165) is 24.4 Å². The summed E-state index contributed by atoms with van der Waals surface area (Å²) in [7, 11) is -2.19. The van der Waals surface area contributed by atoms with Crippen molar-refractivity contribution in [3.8, 4) is 5.75 Å². The molecule has 0 saturated carbocycles. The van der Waals surface area contributed by atoms with Gasteiger partial charge in [0.05, 0.1) is 13.2 Å². The Balaban J connectivity index is 1.83. The van der Waals surface area contributed by atoms with E-state index in [4.69, 9.17) is 9.88 Å². The van der Waals surface area contributed by atoms with Crippen LogP contribution in [0.25, 0.3) is 0 Å². The maximum Gasteiger partial charge on any atom is 0.241 e. The van der Waals surface area contributed by atoms with Crippen LogP contribution in [0.3, 0.4) is 0 Å². The summed E-state index contributed by atoms with van der Waals surface area (Å²) in [5, 5.41) is 8.48. The number of methoxy groups -OCH3 is 1. The Bertz CT molecular complexity index is 834. The monoisotopic (exact) mass is 376 g/mol. The van der Waals surface area contributed by atoms with Crippen molar-refractivity contribution in [1.82, 2.24) is 9.88 Å². The number of sulfonamides is 1. The first-order valence-electron chi connectivity index (χ1n) is 8.59. The number of primary sulfonamides is 1. The molecule has 1 aliphatic heterocycles. The molecular weight excluding hydrogens is 352 g/mol. The average Bonchev–Trinajstić information content (AvgIpc) is 3.16. The van der Waals surface area contributed by atoms with Crippen LogP contribution in [0.2, 0.25) is 0 Å². The van der Waals surface area contributed by atoms with Crippen molar-refractivity contribution in [2.24, 2.45) is 5.14 Å². The molecule has 0 amide bonds. The van der Waals surface area contributed by atoms with E-state index in [1.54, 1.807) is 19.4 Å². The third-order valence-corrected chi connectivity index (χ3v) is 5.56. The van der Waals surface area contributed by atoms with Crippen LogP contribution in [0.15, 0.2) is 47.5 Å². The van der Waals surface area contributed by atoms with Crippen molar-refractivity contribution in [2.75, 3.05) is 32.1 Å². The third-order valence-electron chi connectivity index (χ3n) is 4.62. The number of nitrogens with one attached hydrogen (secondary N) is 1. The molecule has 1 unspecified atom stereocenters. The summed E-state index contributed by atoms with van der Waals surface area (Å²) >= 11 is 0. The van der Waals surface area contributed by atoms with Gasteiger partial charge in [-0.15, -0.1) is 0 Å². The molecule has 0 spiro atoms. The van der Waals surface area contributed by atoms with Gasteiger partial charge in [0.25, 0.3) is 0 Å². The zero-order valence-corrected chi connectivity index (χ0v) is 15.6. The molecule has 1 aromatic heterocycles. The van der Waals surface area contributed by atoms with Crippen molar-refractivity contribution in [1.29, 1.82) is 0 Å². The van der Waals surface area contributed by atoms with Crippen LogP contribution in [-0.2, 0) is 10.0 Å². The van der Waals surface area contributed by atoms with Crippen molar-refractivity contribution < 1.29 is 13.2 Å². The van der Waals surface area contributed by atoms with Crippen molar-refractivity contribution in [3.05, 3.63) is 48.2 Å². The second kappa shape index (κ2) is 8.03. The van der Waals surface area contributed by atoms with Crippen molar-refractivity contribution in [2.45, 2.75) is 23.8 Å². The number of nitrogens with zero attached hydrogens (tertiary/aromatic N) is 2. The Kier molecular flexibility index (Phi) is 5.75. The zero-order chi connectivity index (χ0) is 18.6. The molecule has 1 aliphatic rings. The maximum atomic E-state index is 11.8. The lowest BCUT2D eigenvalue weighted by molar-refractivity contribution is 0.255. The SMILES string of the molecule is COc1ccc(C(CNc2ncccc2S(N)(=O)=O)N2CCCC2)cc1. The molecular formula is C18H24N4O3S. The lowest BCUT2D eigenvalue weighted by atomic mass is 10.1. The fraction of sp³-hybridized carbons (Fsp3) is 0.389. The number of nitrogens with two attached hydrogens (primary N) is 1. The Labute approximate surface area is 154 Å². The summed E-state index contributed by atoms with van der Waals surface area (Å²) in [6, 6.07) is 11.1. The summed E-state index contributed by atoms with van der Waals surface area (Å²) in [6.45, 7) is 2.57. The van der Waals surface area contributed by atoms with Gasteiger partial charge < -0.3 is 10.1 Å². The number of anilines is 1. The number of hydrogen-bond donors (Lipinski definition) is 2. The number of hydrogen-bond acceptors (Lipinski definition) is 6. The molecule has 1 fully saturated rings. The molecule has 0 aliphatic carbocycles. The number of ether oxygens (including phenoxy) is 1. The molecule has 1 saturated heterocycles. The number of aromatic nitrogens is 1. The maximum absolute atomic E-state index is 11.8. The zero-order valence-electron chi connectivity index (χ0n) is 14.8. The fourth-order valence-electron chi connectivity index (χ4n) is 3.28. The molecule has 26 heavy (non-hydrogen) atoms. The van der Waals surface area contributed by atoms with Gasteiger partial charge in [-0.2, -0.15) is 0 Å². The highest BCUT2D eigenvalue weighted by atomic mass is 32.2. The summed E-state index contributed by atoms with van der Waals surface area (Å²) in [5.41, 5.74) is 1.15. The lowest BCUT2D eigenvalue weighted by Gasteiger charge is -2.28. The van der Waals surface area contributed by atoms with Crippen molar-refractivity contribution in [3.63, 3.8) is 0 Å². The average molecular weight is 376 g/mol. The molecule has 1 aromatic carbocycles. The van der Waals surface area contributed by atoms with E-state index in [2.05, 4.69) is 15.2 Å². The minimum Gasteiger partial charge on any atom is -0.497 e. The van der Waals surface area contributed by atoms with Gasteiger partial charge in [0.15, 0.2) is 0 Å². The van der Waals surface area contributed by atoms with Gasteiger partial charge in [0.1, 0.15) is 16.5 Å². The Morgan fingerprint density at radius 1 is 1.23 bits per heavy atom. The standard InChI is InChI=1S/C18H24N4O3S/c1-25-15-8-6-14(7-9-15)16(22-11-2-3-12-22)13-21-18-17(26(19,23)24)5-4-10-20-18/h4-10,16H,2-3,11-13H2,1H3,(H,20,21)(H2,19,23,24). The predicted molar refractivity (Wildman–Crippen MR) is 101 cm³/mol. The van der Waals surface area contributed by atoms with Crippen LogP contribution in [0, 0.1) is 0 Å². The van der Waals surface area contributed by atoms with E-state index in [1.807, 2.05) is 24.3 Å². The molecule has 1 atom stereocenters. The summed E-state index contributed by atoms with van der Waals surface area (Å²) in [6.07, 6.45) is 3.88. The van der Waals surface area contributed by atoms with Gasteiger partial charge in [-0.05, 0) is 55.8 Å². The van der Waals surface area contributed by atoms with Crippen LogP contribution in [0.5, 0.6) is 5.75 Å². The quantitative estimate of drug-likeness (QED) is 0.767. The third kappa shape index (κ3) is 4.32. The minimum atomic E-state index is -3.83. The predicted octanol–water partition coefficient (Wildman–Crippen LogP) is 1.99. The largest absolute Gasteiger partial charge is 0.497 e. The van der Waals surface area contributed by atoms with Gasteiger partial charge >= 0.3 is 0 Å². The highest BCUT2D eigenvalue weighted by Crippen LogP contribution is 2.27. The number of rotatable bonds is 7. The minimum absolute atomic E-state index is 0.00917. The molecule has 7 nitrogen and oxygen atoms in total. The molecule has 2 aromatic rings. The van der Waals surface area contributed by atoms with E-state index < -0.39 is 10.0 Å². The van der Waals surface area contributed by atoms with E-state index in [-0.39, 0.29) is 16.8 Å². The molecule has 3 rings (SSSR count). The number of benzene rings is 1. The highest BCUT2D eigenvalue weighted by Gasteiger charge is 2.24. The summed E-state index contributed by atoms with van der Waals surface area (Å²) in [4.78, 5) is 6.56. The molecule has 3 N–H and O–H groups in total. The van der Waals surface area contributed by atoms with Gasteiger partial charge in [-0.3, -0.25) is 4.90 Å². The first-order chi connectivity index (χ1) is 12.5. The Hall–Kier alpha value is -2.16. The van der Waals surface area contributed by atoms with Crippen LogP contribution in [-0.4, -0.2) is 45.0 Å². The molecule has 8 heteroatoms. The second-order valence-corrected chi connectivity index (χ2v) is 7.84. The van der Waals surface area contributed by atoms with Crippen LogP contribution >= 0.6 is 0 Å². The number of pyridine rings is 1. The van der Waals surface area contributed by atoms with Gasteiger partial charge in [-0.25, -0.2) is 18.5 Å². The molecule has 2 heterocycles. The fourth-order valence-corrected chi connectivity index (χ4v) is 3.95. The molecule has 0 radical (unpaired) electrons. The van der Waals surface area contributed by atoms with Gasteiger partial charge in [0.2, 0.25) is 10.0 Å². The van der Waals surface area contributed by atoms with Crippen LogP contribution in [0.4, 0.5) is 5.82 Å². The lowest BCUT2D eigenvalue weighted by Crippen LogP contribution is -2.31. The molecule has 0 bridgehead atoms. The first kappa shape index (κ1) is 18.6. The topological polar surface area (TPSA) is 97.5 Å². The Morgan fingerprint density at radius 2 is 1.92 bits per heavy atom. The van der Waals surface area contributed by atoms with Gasteiger partial charge in [-0.1, -0.05) is 12.1 Å². The highest BCUT2D eigenvalue weighted by molar-refractivity contribution is 7.89. The van der Waals surface area contributed by atoms with Crippen LogP contribution < -0.4 is 15.2 Å². The normalized spacial score (nSPS) is 16.4.